The lowest BCUT2D eigenvalue weighted by Crippen LogP contribution is -2.20. The summed E-state index contributed by atoms with van der Waals surface area (Å²) in [5, 5.41) is 0.751. The molecule has 0 bridgehead atoms. The van der Waals surface area contributed by atoms with Crippen LogP contribution in [0.2, 0.25) is 0 Å². The monoisotopic (exact) mass is 201 g/mol. The second kappa shape index (κ2) is 5.92. The molecule has 2 heteroatoms. The standard InChI is InChI=1S/C11H23NS/c1-9(12)7-10(2)13-8-11-5-3-4-6-11/h9-11H,3-8,12H2,1-2H3. The van der Waals surface area contributed by atoms with Crippen LogP contribution >= 0.6 is 11.8 Å². The molecule has 0 aromatic heterocycles. The fourth-order valence-corrected chi connectivity index (χ4v) is 3.44. The zero-order chi connectivity index (χ0) is 9.68. The molecule has 78 valence electrons. The maximum Gasteiger partial charge on any atom is 0.00334 e. The van der Waals surface area contributed by atoms with Gasteiger partial charge >= 0.3 is 0 Å². The summed E-state index contributed by atoms with van der Waals surface area (Å²) >= 11 is 2.12. The molecule has 2 atom stereocenters. The van der Waals surface area contributed by atoms with Gasteiger partial charge in [-0.15, -0.1) is 0 Å². The van der Waals surface area contributed by atoms with E-state index in [4.69, 9.17) is 5.73 Å². The highest BCUT2D eigenvalue weighted by molar-refractivity contribution is 7.99. The minimum Gasteiger partial charge on any atom is -0.328 e. The van der Waals surface area contributed by atoms with E-state index in [0.717, 1.165) is 17.6 Å². The lowest BCUT2D eigenvalue weighted by Gasteiger charge is -2.15. The predicted octanol–water partition coefficient (Wildman–Crippen LogP) is 3.04. The first-order valence-electron chi connectivity index (χ1n) is 5.55. The number of thioether (sulfide) groups is 1. The van der Waals surface area contributed by atoms with Crippen molar-refractivity contribution in [3.63, 3.8) is 0 Å². The minimum atomic E-state index is 0.367. The van der Waals surface area contributed by atoms with Crippen LogP contribution in [0, 0.1) is 5.92 Å². The van der Waals surface area contributed by atoms with Crippen LogP contribution in [0.15, 0.2) is 0 Å². The molecule has 0 saturated heterocycles. The van der Waals surface area contributed by atoms with Crippen LogP contribution in [0.25, 0.3) is 0 Å². The third kappa shape index (κ3) is 4.92. The van der Waals surface area contributed by atoms with Gasteiger partial charge in [-0.2, -0.15) is 11.8 Å². The molecule has 1 saturated carbocycles. The lowest BCUT2D eigenvalue weighted by molar-refractivity contribution is 0.616. The third-order valence-corrected chi connectivity index (χ3v) is 4.22. The Labute approximate surface area is 86.8 Å². The van der Waals surface area contributed by atoms with Crippen LogP contribution in [0.3, 0.4) is 0 Å². The Bertz CT molecular complexity index is 130. The molecule has 0 radical (unpaired) electrons. The van der Waals surface area contributed by atoms with Crippen LogP contribution < -0.4 is 5.73 Å². The summed E-state index contributed by atoms with van der Waals surface area (Å²) in [5.41, 5.74) is 5.76. The SMILES string of the molecule is CC(N)CC(C)SCC1CCCC1. The van der Waals surface area contributed by atoms with Crippen molar-refractivity contribution in [2.24, 2.45) is 11.7 Å². The molecule has 1 aliphatic rings. The molecular weight excluding hydrogens is 178 g/mol. The van der Waals surface area contributed by atoms with E-state index in [1.54, 1.807) is 0 Å². The maximum absolute atomic E-state index is 5.76. The van der Waals surface area contributed by atoms with Gasteiger partial charge in [-0.05, 0) is 37.9 Å². The second-order valence-corrected chi connectivity index (χ2v) is 5.98. The molecule has 0 amide bonds. The summed E-state index contributed by atoms with van der Waals surface area (Å²) in [5.74, 6) is 2.38. The van der Waals surface area contributed by atoms with Gasteiger partial charge in [0.25, 0.3) is 0 Å². The Kier molecular flexibility index (Phi) is 5.18. The Balaban J connectivity index is 2.03. The van der Waals surface area contributed by atoms with Crippen molar-refractivity contribution in [2.75, 3.05) is 5.75 Å². The fourth-order valence-electron chi connectivity index (χ4n) is 2.07. The van der Waals surface area contributed by atoms with Gasteiger partial charge < -0.3 is 5.73 Å². The van der Waals surface area contributed by atoms with Gasteiger partial charge in [-0.1, -0.05) is 19.8 Å². The van der Waals surface area contributed by atoms with Crippen molar-refractivity contribution < 1.29 is 0 Å². The molecule has 0 aromatic carbocycles. The Morgan fingerprint density at radius 2 is 1.92 bits per heavy atom. The van der Waals surface area contributed by atoms with E-state index in [2.05, 4.69) is 25.6 Å². The molecule has 2 N–H and O–H groups in total. The topological polar surface area (TPSA) is 26.0 Å². The average molecular weight is 201 g/mol. The zero-order valence-electron chi connectivity index (χ0n) is 8.96. The third-order valence-electron chi connectivity index (χ3n) is 2.79. The predicted molar refractivity (Wildman–Crippen MR) is 62.1 cm³/mol. The molecule has 1 rings (SSSR count). The van der Waals surface area contributed by atoms with E-state index in [0.29, 0.717) is 6.04 Å². The van der Waals surface area contributed by atoms with Gasteiger partial charge in [-0.25, -0.2) is 0 Å². The van der Waals surface area contributed by atoms with E-state index in [1.807, 2.05) is 0 Å². The van der Waals surface area contributed by atoms with Gasteiger partial charge in [0, 0.05) is 11.3 Å². The number of rotatable bonds is 5. The number of hydrogen-bond donors (Lipinski definition) is 1. The van der Waals surface area contributed by atoms with Crippen molar-refractivity contribution in [2.45, 2.75) is 57.2 Å². The van der Waals surface area contributed by atoms with E-state index >= 15 is 0 Å². The van der Waals surface area contributed by atoms with E-state index in [-0.39, 0.29) is 0 Å². The van der Waals surface area contributed by atoms with Gasteiger partial charge in [0.1, 0.15) is 0 Å². The summed E-state index contributed by atoms with van der Waals surface area (Å²) in [7, 11) is 0. The molecule has 0 aliphatic heterocycles. The molecule has 1 nitrogen and oxygen atoms in total. The van der Waals surface area contributed by atoms with Crippen LogP contribution in [0.5, 0.6) is 0 Å². The lowest BCUT2D eigenvalue weighted by atomic mass is 10.1. The highest BCUT2D eigenvalue weighted by Gasteiger charge is 2.16. The molecule has 0 heterocycles. The van der Waals surface area contributed by atoms with Crippen molar-refractivity contribution in [3.8, 4) is 0 Å². The van der Waals surface area contributed by atoms with Crippen LogP contribution in [0.4, 0.5) is 0 Å². The number of hydrogen-bond acceptors (Lipinski definition) is 2. The highest BCUT2D eigenvalue weighted by Crippen LogP contribution is 2.29. The van der Waals surface area contributed by atoms with E-state index in [9.17, 15) is 0 Å². The molecule has 2 unspecified atom stereocenters. The second-order valence-electron chi connectivity index (χ2n) is 4.51. The van der Waals surface area contributed by atoms with Crippen molar-refractivity contribution in [1.29, 1.82) is 0 Å². The Morgan fingerprint density at radius 1 is 1.31 bits per heavy atom. The van der Waals surface area contributed by atoms with Gasteiger partial charge in [0.15, 0.2) is 0 Å². The molecule has 1 aliphatic carbocycles. The normalized spacial score (nSPS) is 23.3. The Hall–Kier alpha value is 0.310. The van der Waals surface area contributed by atoms with Gasteiger partial charge in [-0.3, -0.25) is 0 Å². The minimum absolute atomic E-state index is 0.367. The summed E-state index contributed by atoms with van der Waals surface area (Å²) in [4.78, 5) is 0. The van der Waals surface area contributed by atoms with E-state index < -0.39 is 0 Å². The van der Waals surface area contributed by atoms with Gasteiger partial charge in [0.05, 0.1) is 0 Å². The van der Waals surface area contributed by atoms with Crippen LogP contribution in [-0.4, -0.2) is 17.0 Å². The first-order chi connectivity index (χ1) is 6.18. The average Bonchev–Trinajstić information content (AvgIpc) is 2.51. The number of nitrogens with two attached hydrogens (primary N) is 1. The highest BCUT2D eigenvalue weighted by atomic mass is 32.2. The van der Waals surface area contributed by atoms with Gasteiger partial charge in [0.2, 0.25) is 0 Å². The zero-order valence-corrected chi connectivity index (χ0v) is 9.78. The molecule has 13 heavy (non-hydrogen) atoms. The van der Waals surface area contributed by atoms with E-state index in [1.165, 1.54) is 31.4 Å². The van der Waals surface area contributed by atoms with Crippen LogP contribution in [-0.2, 0) is 0 Å². The van der Waals surface area contributed by atoms with Crippen LogP contribution in [0.1, 0.15) is 46.0 Å². The fraction of sp³-hybridized carbons (Fsp3) is 1.00. The summed E-state index contributed by atoms with van der Waals surface area (Å²) in [6.45, 7) is 4.41. The largest absolute Gasteiger partial charge is 0.328 e. The molecular formula is C11H23NS. The Morgan fingerprint density at radius 3 is 2.46 bits per heavy atom. The van der Waals surface area contributed by atoms with Crippen molar-refractivity contribution >= 4 is 11.8 Å². The molecule has 1 fully saturated rings. The summed E-state index contributed by atoms with van der Waals surface area (Å²) in [6.07, 6.45) is 7.03. The molecule has 0 aromatic rings. The maximum atomic E-state index is 5.76. The van der Waals surface area contributed by atoms with Crippen molar-refractivity contribution in [3.05, 3.63) is 0 Å². The first kappa shape index (κ1) is 11.4. The quantitative estimate of drug-likeness (QED) is 0.740. The first-order valence-corrected chi connectivity index (χ1v) is 6.60. The smallest absolute Gasteiger partial charge is 0.00334 e. The van der Waals surface area contributed by atoms with Crippen molar-refractivity contribution in [1.82, 2.24) is 0 Å². The summed E-state index contributed by atoms with van der Waals surface area (Å²) < 4.78 is 0. The summed E-state index contributed by atoms with van der Waals surface area (Å²) in [6, 6.07) is 0.367. The molecule has 0 spiro atoms.